The number of amides is 1. The van der Waals surface area contributed by atoms with Crippen LogP contribution in [0.2, 0.25) is 0 Å². The first-order valence-corrected chi connectivity index (χ1v) is 10.1. The second-order valence-corrected chi connectivity index (χ2v) is 8.58. The molecular weight excluding hydrogens is 320 g/mol. The molecule has 0 bridgehead atoms. The number of benzene rings is 1. The largest absolute Gasteiger partial charge is 0.338 e. The average molecular weight is 342 g/mol. The van der Waals surface area contributed by atoms with Crippen molar-refractivity contribution in [1.82, 2.24) is 4.90 Å². The zero-order valence-electron chi connectivity index (χ0n) is 12.6. The van der Waals surface area contributed by atoms with Crippen LogP contribution in [0.4, 0.5) is 0 Å². The summed E-state index contributed by atoms with van der Waals surface area (Å²) in [4.78, 5) is 14.2. The Hall–Kier alpha value is -1.05. The first-order valence-electron chi connectivity index (χ1n) is 7.33. The first kappa shape index (κ1) is 17.3. The third-order valence-electron chi connectivity index (χ3n) is 3.78. The van der Waals surface area contributed by atoms with E-state index in [2.05, 4.69) is 0 Å². The lowest BCUT2D eigenvalue weighted by Crippen LogP contribution is -2.44. The van der Waals surface area contributed by atoms with Gasteiger partial charge in [-0.25, -0.2) is 13.6 Å². The molecule has 0 aromatic heterocycles. The molecular formula is C15H22N2O3S2. The van der Waals surface area contributed by atoms with E-state index in [4.69, 9.17) is 5.14 Å². The second kappa shape index (κ2) is 7.48. The lowest BCUT2D eigenvalue weighted by Gasteiger charge is -2.26. The van der Waals surface area contributed by atoms with E-state index in [1.165, 1.54) is 5.56 Å². The molecule has 2 rings (SSSR count). The van der Waals surface area contributed by atoms with E-state index in [9.17, 15) is 13.2 Å². The Morgan fingerprint density at radius 1 is 1.41 bits per heavy atom. The van der Waals surface area contributed by atoms with Gasteiger partial charge in [-0.2, -0.15) is 0 Å². The van der Waals surface area contributed by atoms with Crippen LogP contribution in [0.25, 0.3) is 0 Å². The highest BCUT2D eigenvalue weighted by Crippen LogP contribution is 2.24. The second-order valence-electron chi connectivity index (χ2n) is 5.60. The van der Waals surface area contributed by atoms with Crippen molar-refractivity contribution in [1.29, 1.82) is 0 Å². The van der Waals surface area contributed by atoms with Crippen molar-refractivity contribution in [3.05, 3.63) is 35.9 Å². The molecule has 1 aliphatic rings. The van der Waals surface area contributed by atoms with Gasteiger partial charge in [0.05, 0.1) is 11.0 Å². The van der Waals surface area contributed by atoms with Gasteiger partial charge in [-0.3, -0.25) is 4.79 Å². The molecule has 0 spiro atoms. The van der Waals surface area contributed by atoms with Crippen molar-refractivity contribution < 1.29 is 13.2 Å². The predicted octanol–water partition coefficient (Wildman–Crippen LogP) is 1.59. The Morgan fingerprint density at radius 2 is 2.09 bits per heavy atom. The van der Waals surface area contributed by atoms with Gasteiger partial charge < -0.3 is 4.90 Å². The fourth-order valence-corrected chi connectivity index (χ4v) is 4.46. The molecule has 22 heavy (non-hydrogen) atoms. The van der Waals surface area contributed by atoms with E-state index in [0.717, 1.165) is 12.2 Å². The van der Waals surface area contributed by atoms with Gasteiger partial charge in [-0.05, 0) is 25.3 Å². The molecule has 1 aromatic rings. The molecule has 1 fully saturated rings. The summed E-state index contributed by atoms with van der Waals surface area (Å²) in [6.07, 6.45) is 1.54. The molecule has 1 heterocycles. The molecule has 5 nitrogen and oxygen atoms in total. The van der Waals surface area contributed by atoms with Gasteiger partial charge in [0.2, 0.25) is 15.9 Å². The van der Waals surface area contributed by atoms with Crippen LogP contribution in [0.1, 0.15) is 25.3 Å². The number of carbonyl (C=O) groups excluding carboxylic acids is 1. The summed E-state index contributed by atoms with van der Waals surface area (Å²) >= 11 is 1.57. The maximum absolute atomic E-state index is 12.5. The number of likely N-dealkylation sites (tertiary alicyclic amines) is 1. The Balaban J connectivity index is 1.92. The van der Waals surface area contributed by atoms with Gasteiger partial charge in [-0.15, -0.1) is 11.8 Å². The number of nitrogens with zero attached hydrogens (tertiary/aromatic N) is 1. The van der Waals surface area contributed by atoms with E-state index in [0.29, 0.717) is 13.0 Å². The highest BCUT2D eigenvalue weighted by Gasteiger charge is 2.33. The molecule has 0 aliphatic carbocycles. The standard InChI is InChI=1S/C15H22N2O3S2/c1-12(21-10-13-6-3-2-4-7-13)15(18)17-9-5-8-14(17)11-22(16,19)20/h2-4,6-7,12,14H,5,8-11H2,1H3,(H2,16,19,20)/t12-,14-/m0/s1. The summed E-state index contributed by atoms with van der Waals surface area (Å²) < 4.78 is 22.5. The van der Waals surface area contributed by atoms with E-state index >= 15 is 0 Å². The van der Waals surface area contributed by atoms with Crippen molar-refractivity contribution in [3.63, 3.8) is 0 Å². The monoisotopic (exact) mass is 342 g/mol. The topological polar surface area (TPSA) is 80.5 Å². The third-order valence-corrected chi connectivity index (χ3v) is 5.83. The minimum atomic E-state index is -3.56. The zero-order valence-corrected chi connectivity index (χ0v) is 14.3. The lowest BCUT2D eigenvalue weighted by atomic mass is 10.2. The number of sulfonamides is 1. The summed E-state index contributed by atoms with van der Waals surface area (Å²) in [5.41, 5.74) is 1.18. The van der Waals surface area contributed by atoms with Crippen LogP contribution in [0.5, 0.6) is 0 Å². The molecule has 7 heteroatoms. The summed E-state index contributed by atoms with van der Waals surface area (Å²) in [6, 6.07) is 9.71. The Morgan fingerprint density at radius 3 is 2.73 bits per heavy atom. The van der Waals surface area contributed by atoms with Crippen LogP contribution in [0.3, 0.4) is 0 Å². The quantitative estimate of drug-likeness (QED) is 0.851. The van der Waals surface area contributed by atoms with Crippen LogP contribution < -0.4 is 5.14 Å². The Kier molecular flexibility index (Phi) is 5.88. The van der Waals surface area contributed by atoms with Crippen LogP contribution in [-0.2, 0) is 20.6 Å². The lowest BCUT2D eigenvalue weighted by molar-refractivity contribution is -0.130. The van der Waals surface area contributed by atoms with Crippen molar-refractivity contribution >= 4 is 27.7 Å². The van der Waals surface area contributed by atoms with E-state index in [-0.39, 0.29) is 23.0 Å². The summed E-state index contributed by atoms with van der Waals surface area (Å²) in [7, 11) is -3.56. The van der Waals surface area contributed by atoms with Crippen LogP contribution >= 0.6 is 11.8 Å². The fourth-order valence-electron chi connectivity index (χ4n) is 2.67. The van der Waals surface area contributed by atoms with Gasteiger partial charge >= 0.3 is 0 Å². The molecule has 1 aromatic carbocycles. The maximum Gasteiger partial charge on any atom is 0.235 e. The number of hydrogen-bond acceptors (Lipinski definition) is 4. The average Bonchev–Trinajstić information content (AvgIpc) is 2.91. The molecule has 0 saturated carbocycles. The highest BCUT2D eigenvalue weighted by molar-refractivity contribution is 7.99. The minimum absolute atomic E-state index is 0.00656. The third kappa shape index (κ3) is 5.00. The number of primary sulfonamides is 1. The summed E-state index contributed by atoms with van der Waals surface area (Å²) in [5.74, 6) is 0.628. The number of nitrogens with two attached hydrogens (primary N) is 1. The van der Waals surface area contributed by atoms with Crippen LogP contribution in [0, 0.1) is 0 Å². The molecule has 2 N–H and O–H groups in total. The molecule has 122 valence electrons. The molecule has 1 saturated heterocycles. The zero-order chi connectivity index (χ0) is 16.2. The van der Waals surface area contributed by atoms with Gasteiger partial charge in [0.25, 0.3) is 0 Å². The van der Waals surface area contributed by atoms with Crippen molar-refractivity contribution in [2.24, 2.45) is 5.14 Å². The summed E-state index contributed by atoms with van der Waals surface area (Å²) in [6.45, 7) is 2.50. The minimum Gasteiger partial charge on any atom is -0.338 e. The normalized spacial score (nSPS) is 20.1. The summed E-state index contributed by atoms with van der Waals surface area (Å²) in [5, 5.41) is 4.92. The fraction of sp³-hybridized carbons (Fsp3) is 0.533. The number of carbonyl (C=O) groups is 1. The molecule has 1 aliphatic heterocycles. The van der Waals surface area contributed by atoms with Crippen molar-refractivity contribution in [2.45, 2.75) is 36.8 Å². The first-order chi connectivity index (χ1) is 10.4. The number of thioether (sulfide) groups is 1. The van der Waals surface area contributed by atoms with Crippen molar-refractivity contribution in [2.75, 3.05) is 12.3 Å². The Labute approximate surface area is 136 Å². The van der Waals surface area contributed by atoms with Gasteiger partial charge in [0.15, 0.2) is 0 Å². The molecule has 1 amide bonds. The molecule has 0 unspecified atom stereocenters. The Bertz CT molecular complexity index is 604. The van der Waals surface area contributed by atoms with Crippen LogP contribution in [0.15, 0.2) is 30.3 Å². The SMILES string of the molecule is C[C@H](SCc1ccccc1)C(=O)N1CCC[C@H]1CS(N)(=O)=O. The van der Waals surface area contributed by atoms with Gasteiger partial charge in [0.1, 0.15) is 0 Å². The number of hydrogen-bond donors (Lipinski definition) is 1. The predicted molar refractivity (Wildman–Crippen MR) is 89.9 cm³/mol. The van der Waals surface area contributed by atoms with E-state index in [1.807, 2.05) is 37.3 Å². The van der Waals surface area contributed by atoms with Gasteiger partial charge in [0, 0.05) is 18.3 Å². The van der Waals surface area contributed by atoms with E-state index in [1.54, 1.807) is 16.7 Å². The molecule has 2 atom stereocenters. The van der Waals surface area contributed by atoms with Crippen molar-refractivity contribution in [3.8, 4) is 0 Å². The number of rotatable bonds is 6. The van der Waals surface area contributed by atoms with Crippen LogP contribution in [-0.4, -0.2) is 42.8 Å². The van der Waals surface area contributed by atoms with Gasteiger partial charge in [-0.1, -0.05) is 30.3 Å². The molecule has 0 radical (unpaired) electrons. The smallest absolute Gasteiger partial charge is 0.235 e. The highest BCUT2D eigenvalue weighted by atomic mass is 32.2. The maximum atomic E-state index is 12.5. The van der Waals surface area contributed by atoms with E-state index < -0.39 is 10.0 Å².